The van der Waals surface area contributed by atoms with Gasteiger partial charge in [0.2, 0.25) is 0 Å². The summed E-state index contributed by atoms with van der Waals surface area (Å²) in [5.41, 5.74) is 3.16. The van der Waals surface area contributed by atoms with E-state index in [4.69, 9.17) is 0 Å². The molecule has 0 heterocycles. The van der Waals surface area contributed by atoms with E-state index >= 15 is 0 Å². The molecule has 1 aromatic carbocycles. The average Bonchev–Trinajstić information content (AvgIpc) is 2.26. The Balaban J connectivity index is 2.69. The summed E-state index contributed by atoms with van der Waals surface area (Å²) in [7, 11) is 0. The highest BCUT2D eigenvalue weighted by atomic mass is 16.3. The average molecular weight is 235 g/mol. The van der Waals surface area contributed by atoms with E-state index in [1.165, 1.54) is 5.56 Å². The molecule has 2 nitrogen and oxygen atoms in total. The van der Waals surface area contributed by atoms with Gasteiger partial charge in [-0.3, -0.25) is 0 Å². The van der Waals surface area contributed by atoms with Crippen LogP contribution < -0.4 is 5.32 Å². The molecule has 17 heavy (non-hydrogen) atoms. The SMILES string of the molecule is CCC(NCc1cc(C)c(O)c(C)c1)C(C)C. The molecule has 0 aliphatic heterocycles. The van der Waals surface area contributed by atoms with Gasteiger partial charge in [0.15, 0.2) is 0 Å². The first-order valence-corrected chi connectivity index (χ1v) is 6.48. The standard InChI is InChI=1S/C15H25NO/c1-6-14(10(2)3)16-9-13-7-11(4)15(17)12(5)8-13/h7-8,10,14,16-17H,6,9H2,1-5H3. The minimum absolute atomic E-state index is 0.421. The summed E-state index contributed by atoms with van der Waals surface area (Å²) < 4.78 is 0. The van der Waals surface area contributed by atoms with Gasteiger partial charge in [0.25, 0.3) is 0 Å². The molecule has 0 aromatic heterocycles. The van der Waals surface area contributed by atoms with Crippen LogP contribution >= 0.6 is 0 Å². The van der Waals surface area contributed by atoms with Gasteiger partial charge in [-0.25, -0.2) is 0 Å². The first-order chi connectivity index (χ1) is 7.95. The molecule has 1 unspecified atom stereocenters. The van der Waals surface area contributed by atoms with Crippen molar-refractivity contribution in [3.05, 3.63) is 28.8 Å². The van der Waals surface area contributed by atoms with E-state index < -0.39 is 0 Å². The van der Waals surface area contributed by atoms with Crippen molar-refractivity contribution in [3.63, 3.8) is 0 Å². The van der Waals surface area contributed by atoms with Crippen LogP contribution in [-0.4, -0.2) is 11.1 Å². The number of hydrogen-bond acceptors (Lipinski definition) is 2. The summed E-state index contributed by atoms with van der Waals surface area (Å²) in [5.74, 6) is 1.07. The number of nitrogens with one attached hydrogen (secondary N) is 1. The normalized spacial score (nSPS) is 13.1. The van der Waals surface area contributed by atoms with Crippen molar-refractivity contribution in [2.75, 3.05) is 0 Å². The van der Waals surface area contributed by atoms with Crippen LogP contribution in [0.3, 0.4) is 0 Å². The lowest BCUT2D eigenvalue weighted by molar-refractivity contribution is 0.387. The largest absolute Gasteiger partial charge is 0.507 e. The van der Waals surface area contributed by atoms with E-state index in [1.54, 1.807) is 0 Å². The zero-order valence-corrected chi connectivity index (χ0v) is 11.7. The summed E-state index contributed by atoms with van der Waals surface area (Å²) >= 11 is 0. The Labute approximate surface area is 105 Å². The molecular formula is C15H25NO. The van der Waals surface area contributed by atoms with Crippen molar-refractivity contribution in [1.82, 2.24) is 5.32 Å². The van der Waals surface area contributed by atoms with Crippen LogP contribution in [-0.2, 0) is 6.54 Å². The lowest BCUT2D eigenvalue weighted by Crippen LogP contribution is -2.32. The topological polar surface area (TPSA) is 32.3 Å². The molecule has 0 bridgehead atoms. The smallest absolute Gasteiger partial charge is 0.121 e. The lowest BCUT2D eigenvalue weighted by Gasteiger charge is -2.21. The molecule has 0 radical (unpaired) electrons. The van der Waals surface area contributed by atoms with E-state index in [2.05, 4.69) is 38.2 Å². The molecule has 0 saturated heterocycles. The molecule has 0 aliphatic rings. The van der Waals surface area contributed by atoms with Gasteiger partial charge in [0.05, 0.1) is 0 Å². The summed E-state index contributed by atoms with van der Waals surface area (Å²) in [6, 6.07) is 4.68. The number of phenols is 1. The van der Waals surface area contributed by atoms with Crippen molar-refractivity contribution in [2.24, 2.45) is 5.92 Å². The third kappa shape index (κ3) is 3.74. The molecule has 2 N–H and O–H groups in total. The zero-order chi connectivity index (χ0) is 13.0. The molecule has 0 saturated carbocycles. The Morgan fingerprint density at radius 3 is 2.12 bits per heavy atom. The molecule has 0 spiro atoms. The summed E-state index contributed by atoms with van der Waals surface area (Å²) in [6.45, 7) is 11.5. The first-order valence-electron chi connectivity index (χ1n) is 6.48. The van der Waals surface area contributed by atoms with Gasteiger partial charge in [0.1, 0.15) is 5.75 Å². The van der Waals surface area contributed by atoms with Crippen LogP contribution in [0.2, 0.25) is 0 Å². The van der Waals surface area contributed by atoms with E-state index in [1.807, 2.05) is 13.8 Å². The molecule has 1 rings (SSSR count). The quantitative estimate of drug-likeness (QED) is 0.818. The Morgan fingerprint density at radius 1 is 1.18 bits per heavy atom. The van der Waals surface area contributed by atoms with E-state index in [0.717, 1.165) is 24.1 Å². The van der Waals surface area contributed by atoms with Gasteiger partial charge in [-0.1, -0.05) is 32.9 Å². The highest BCUT2D eigenvalue weighted by molar-refractivity contribution is 5.42. The minimum Gasteiger partial charge on any atom is -0.507 e. The molecular weight excluding hydrogens is 210 g/mol. The maximum Gasteiger partial charge on any atom is 0.121 e. The van der Waals surface area contributed by atoms with Gasteiger partial charge < -0.3 is 10.4 Å². The second-order valence-corrected chi connectivity index (χ2v) is 5.22. The Hall–Kier alpha value is -1.02. The first kappa shape index (κ1) is 14.0. The molecule has 0 fully saturated rings. The number of rotatable bonds is 5. The number of benzene rings is 1. The fourth-order valence-corrected chi connectivity index (χ4v) is 2.25. The van der Waals surface area contributed by atoms with Gasteiger partial charge in [-0.15, -0.1) is 0 Å². The van der Waals surface area contributed by atoms with Gasteiger partial charge in [0, 0.05) is 12.6 Å². The van der Waals surface area contributed by atoms with E-state index in [-0.39, 0.29) is 0 Å². The molecule has 0 amide bonds. The third-order valence-corrected chi connectivity index (χ3v) is 3.36. The fourth-order valence-electron chi connectivity index (χ4n) is 2.25. The van der Waals surface area contributed by atoms with Gasteiger partial charge >= 0.3 is 0 Å². The molecule has 1 atom stereocenters. The van der Waals surface area contributed by atoms with Gasteiger partial charge in [-0.2, -0.15) is 0 Å². The maximum absolute atomic E-state index is 9.72. The second kappa shape index (κ2) is 6.06. The van der Waals surface area contributed by atoms with E-state index in [9.17, 15) is 5.11 Å². The fraction of sp³-hybridized carbons (Fsp3) is 0.600. The molecule has 2 heteroatoms. The number of aromatic hydroxyl groups is 1. The molecule has 1 aromatic rings. The predicted octanol–water partition coefficient (Wildman–Crippen LogP) is 3.53. The summed E-state index contributed by atoms with van der Waals surface area (Å²) in [4.78, 5) is 0. The van der Waals surface area contributed by atoms with Crippen LogP contribution in [0, 0.1) is 19.8 Å². The third-order valence-electron chi connectivity index (χ3n) is 3.36. The van der Waals surface area contributed by atoms with E-state index in [0.29, 0.717) is 17.7 Å². The zero-order valence-electron chi connectivity index (χ0n) is 11.7. The number of phenolic OH excluding ortho intramolecular Hbond substituents is 1. The highest BCUT2D eigenvalue weighted by Gasteiger charge is 2.10. The predicted molar refractivity (Wildman–Crippen MR) is 73.3 cm³/mol. The maximum atomic E-state index is 9.72. The molecule has 96 valence electrons. The summed E-state index contributed by atoms with van der Waals surface area (Å²) in [6.07, 6.45) is 1.15. The van der Waals surface area contributed by atoms with Crippen LogP contribution in [0.25, 0.3) is 0 Å². The van der Waals surface area contributed by atoms with Gasteiger partial charge in [-0.05, 0) is 42.9 Å². The molecule has 0 aliphatic carbocycles. The second-order valence-electron chi connectivity index (χ2n) is 5.22. The Morgan fingerprint density at radius 2 is 1.71 bits per heavy atom. The van der Waals surface area contributed by atoms with Crippen LogP contribution in [0.5, 0.6) is 5.75 Å². The number of aryl methyl sites for hydroxylation is 2. The van der Waals surface area contributed by atoms with Crippen molar-refractivity contribution >= 4 is 0 Å². The summed E-state index contributed by atoms with van der Waals surface area (Å²) in [5, 5.41) is 13.3. The van der Waals surface area contributed by atoms with Crippen molar-refractivity contribution in [1.29, 1.82) is 0 Å². The van der Waals surface area contributed by atoms with Crippen molar-refractivity contribution < 1.29 is 5.11 Å². The minimum atomic E-state index is 0.421. The van der Waals surface area contributed by atoms with Crippen molar-refractivity contribution in [2.45, 2.75) is 53.6 Å². The lowest BCUT2D eigenvalue weighted by atomic mass is 10.0. The Kier molecular flexibility index (Phi) is 5.01. The van der Waals surface area contributed by atoms with Crippen LogP contribution in [0.4, 0.5) is 0 Å². The monoisotopic (exact) mass is 235 g/mol. The van der Waals surface area contributed by atoms with Crippen molar-refractivity contribution in [3.8, 4) is 5.75 Å². The van der Waals surface area contributed by atoms with Crippen LogP contribution in [0.15, 0.2) is 12.1 Å². The van der Waals surface area contributed by atoms with Crippen LogP contribution in [0.1, 0.15) is 43.9 Å². The number of hydrogen-bond donors (Lipinski definition) is 2. The highest BCUT2D eigenvalue weighted by Crippen LogP contribution is 2.23. The Bertz CT molecular complexity index is 348.